The molecular formula is C21H24N4O2S2. The second-order valence-corrected chi connectivity index (χ2v) is 8.84. The molecule has 2 aromatic heterocycles. The molecule has 1 aromatic carbocycles. The molecule has 6 nitrogen and oxygen atoms in total. The molecule has 8 heteroatoms. The van der Waals surface area contributed by atoms with Crippen LogP contribution in [0.1, 0.15) is 36.7 Å². The van der Waals surface area contributed by atoms with Crippen molar-refractivity contribution in [3.05, 3.63) is 52.9 Å². The summed E-state index contributed by atoms with van der Waals surface area (Å²) in [7, 11) is 0. The molecule has 3 rings (SSSR count). The van der Waals surface area contributed by atoms with Crippen LogP contribution in [0.15, 0.2) is 46.9 Å². The Morgan fingerprint density at radius 1 is 1.21 bits per heavy atom. The Kier molecular flexibility index (Phi) is 7.22. The van der Waals surface area contributed by atoms with E-state index in [0.29, 0.717) is 12.1 Å². The monoisotopic (exact) mass is 428 g/mol. The number of ketones is 1. The highest BCUT2D eigenvalue weighted by molar-refractivity contribution is 8.00. The fourth-order valence-electron chi connectivity index (χ4n) is 2.91. The number of aromatic nitrogens is 3. The minimum Gasteiger partial charge on any atom is -0.356 e. The van der Waals surface area contributed by atoms with Crippen molar-refractivity contribution in [1.82, 2.24) is 20.1 Å². The van der Waals surface area contributed by atoms with Gasteiger partial charge in [-0.3, -0.25) is 9.59 Å². The molecule has 3 aromatic rings. The number of carbonyl (C=O) groups is 2. The Labute approximate surface area is 178 Å². The predicted molar refractivity (Wildman–Crippen MR) is 117 cm³/mol. The Bertz CT molecular complexity index is 965. The number of hydrogen-bond donors (Lipinski definition) is 1. The zero-order valence-electron chi connectivity index (χ0n) is 16.7. The zero-order valence-corrected chi connectivity index (χ0v) is 18.3. The van der Waals surface area contributed by atoms with Crippen LogP contribution in [0.25, 0.3) is 10.7 Å². The average molecular weight is 429 g/mol. The van der Waals surface area contributed by atoms with Gasteiger partial charge in [0.25, 0.3) is 0 Å². The second kappa shape index (κ2) is 9.84. The highest BCUT2D eigenvalue weighted by atomic mass is 32.2. The quantitative estimate of drug-likeness (QED) is 0.411. The van der Waals surface area contributed by atoms with E-state index in [9.17, 15) is 9.59 Å². The van der Waals surface area contributed by atoms with E-state index in [4.69, 9.17) is 0 Å². The van der Waals surface area contributed by atoms with E-state index in [1.165, 1.54) is 18.7 Å². The van der Waals surface area contributed by atoms with Crippen molar-refractivity contribution in [3.8, 4) is 10.7 Å². The third kappa shape index (κ3) is 5.33. The van der Waals surface area contributed by atoms with Crippen LogP contribution >= 0.6 is 23.1 Å². The molecule has 2 heterocycles. The Morgan fingerprint density at radius 2 is 1.97 bits per heavy atom. The molecule has 0 bridgehead atoms. The number of nitrogens with zero attached hydrogens (tertiary/aromatic N) is 3. The topological polar surface area (TPSA) is 76.9 Å². The predicted octanol–water partition coefficient (Wildman–Crippen LogP) is 4.07. The lowest BCUT2D eigenvalue weighted by Crippen LogP contribution is -2.22. The van der Waals surface area contributed by atoms with Crippen LogP contribution in [0.4, 0.5) is 0 Å². The lowest BCUT2D eigenvalue weighted by molar-refractivity contribution is -0.118. The van der Waals surface area contributed by atoms with Gasteiger partial charge in [0, 0.05) is 25.6 Å². The summed E-state index contributed by atoms with van der Waals surface area (Å²) in [5.74, 6) is 0.865. The van der Waals surface area contributed by atoms with Crippen molar-refractivity contribution in [3.63, 3.8) is 0 Å². The maximum Gasteiger partial charge on any atom is 0.216 e. The van der Waals surface area contributed by atoms with Gasteiger partial charge < -0.3 is 9.88 Å². The number of nitrogens with one attached hydrogen (secondary N) is 1. The lowest BCUT2D eigenvalue weighted by Gasteiger charge is -2.12. The minimum atomic E-state index is -0.272. The molecule has 0 aliphatic rings. The van der Waals surface area contributed by atoms with Crippen molar-refractivity contribution in [2.75, 3.05) is 6.54 Å². The molecule has 0 radical (unpaired) electrons. The summed E-state index contributed by atoms with van der Waals surface area (Å²) in [4.78, 5) is 24.9. The van der Waals surface area contributed by atoms with Gasteiger partial charge in [0.1, 0.15) is 0 Å². The molecule has 1 atom stereocenters. The number of thiophene rings is 1. The van der Waals surface area contributed by atoms with Gasteiger partial charge in [-0.15, -0.1) is 21.5 Å². The van der Waals surface area contributed by atoms with E-state index in [1.807, 2.05) is 53.3 Å². The van der Waals surface area contributed by atoms with Crippen LogP contribution in [-0.4, -0.2) is 38.2 Å². The van der Waals surface area contributed by atoms with Gasteiger partial charge in [-0.25, -0.2) is 0 Å². The molecule has 0 spiro atoms. The minimum absolute atomic E-state index is 0.0372. The number of hydrogen-bond acceptors (Lipinski definition) is 6. The van der Waals surface area contributed by atoms with E-state index in [-0.39, 0.29) is 16.9 Å². The third-order valence-corrected chi connectivity index (χ3v) is 6.40. The fraction of sp³-hybridized carbons (Fsp3) is 0.333. The number of thioether (sulfide) groups is 1. The van der Waals surface area contributed by atoms with E-state index in [2.05, 4.69) is 22.4 Å². The van der Waals surface area contributed by atoms with Crippen molar-refractivity contribution in [2.24, 2.45) is 0 Å². The first kappa shape index (κ1) is 21.3. The van der Waals surface area contributed by atoms with Crippen molar-refractivity contribution < 1.29 is 9.59 Å². The first-order valence-corrected chi connectivity index (χ1v) is 11.3. The Hall–Kier alpha value is -2.45. The fourth-order valence-corrected chi connectivity index (χ4v) is 4.62. The normalized spacial score (nSPS) is 12.0. The van der Waals surface area contributed by atoms with Gasteiger partial charge in [-0.05, 0) is 37.3 Å². The van der Waals surface area contributed by atoms with Crippen LogP contribution in [0.3, 0.4) is 0 Å². The summed E-state index contributed by atoms with van der Waals surface area (Å²) in [5, 5.41) is 13.9. The Balaban J connectivity index is 1.66. The number of benzene rings is 1. The van der Waals surface area contributed by atoms with Crippen LogP contribution in [0.5, 0.6) is 0 Å². The number of amides is 1. The zero-order chi connectivity index (χ0) is 20.8. The molecule has 1 amide bonds. The summed E-state index contributed by atoms with van der Waals surface area (Å²) in [5.41, 5.74) is 1.76. The smallest absolute Gasteiger partial charge is 0.216 e. The van der Waals surface area contributed by atoms with E-state index in [0.717, 1.165) is 34.4 Å². The van der Waals surface area contributed by atoms with Crippen LogP contribution < -0.4 is 5.32 Å². The van der Waals surface area contributed by atoms with Gasteiger partial charge in [-0.2, -0.15) is 0 Å². The molecule has 0 saturated heterocycles. The van der Waals surface area contributed by atoms with Crippen molar-refractivity contribution in [1.29, 1.82) is 0 Å². The van der Waals surface area contributed by atoms with E-state index < -0.39 is 0 Å². The van der Waals surface area contributed by atoms with Crippen molar-refractivity contribution >= 4 is 34.8 Å². The molecule has 0 aliphatic carbocycles. The Morgan fingerprint density at radius 3 is 2.59 bits per heavy atom. The molecular weight excluding hydrogens is 404 g/mol. The first-order chi connectivity index (χ1) is 14.0. The summed E-state index contributed by atoms with van der Waals surface area (Å²) in [6, 6.07) is 11.6. The molecule has 29 heavy (non-hydrogen) atoms. The summed E-state index contributed by atoms with van der Waals surface area (Å²) in [6.07, 6.45) is 0.740. The van der Waals surface area contributed by atoms with Crippen LogP contribution in [0, 0.1) is 0 Å². The second-order valence-electron chi connectivity index (χ2n) is 6.58. The van der Waals surface area contributed by atoms with Gasteiger partial charge in [0.05, 0.1) is 10.1 Å². The van der Waals surface area contributed by atoms with Gasteiger partial charge in [-0.1, -0.05) is 42.1 Å². The SMILES string of the molecule is CCn1c(SC(C)C(=O)c2ccc(CCNC(C)=O)cc2)nnc1-c1cccs1. The van der Waals surface area contributed by atoms with E-state index in [1.54, 1.807) is 11.3 Å². The maximum absolute atomic E-state index is 12.9. The molecule has 152 valence electrons. The first-order valence-electron chi connectivity index (χ1n) is 9.51. The highest BCUT2D eigenvalue weighted by Gasteiger charge is 2.21. The maximum atomic E-state index is 12.9. The third-order valence-electron chi connectivity index (χ3n) is 4.45. The number of Topliss-reactive ketones (excluding diaryl/α,β-unsaturated/α-hetero) is 1. The van der Waals surface area contributed by atoms with Crippen LogP contribution in [0.2, 0.25) is 0 Å². The van der Waals surface area contributed by atoms with Gasteiger partial charge in [0.2, 0.25) is 5.91 Å². The standard InChI is InChI=1S/C21H24N4O2S2/c1-4-25-20(18-6-5-13-28-18)23-24-21(25)29-14(2)19(27)17-9-7-16(8-10-17)11-12-22-15(3)26/h5-10,13-14H,4,11-12H2,1-3H3,(H,22,26). The number of carbonyl (C=O) groups excluding carboxylic acids is 2. The number of rotatable bonds is 9. The van der Waals surface area contributed by atoms with Crippen molar-refractivity contribution in [2.45, 2.75) is 44.1 Å². The van der Waals surface area contributed by atoms with Crippen LogP contribution in [-0.2, 0) is 17.8 Å². The molecule has 0 fully saturated rings. The molecule has 1 N–H and O–H groups in total. The summed E-state index contributed by atoms with van der Waals surface area (Å²) in [6.45, 7) is 6.79. The average Bonchev–Trinajstić information content (AvgIpc) is 3.37. The largest absolute Gasteiger partial charge is 0.356 e. The summed E-state index contributed by atoms with van der Waals surface area (Å²) < 4.78 is 2.05. The highest BCUT2D eigenvalue weighted by Crippen LogP contribution is 2.30. The van der Waals surface area contributed by atoms with Gasteiger partial charge in [0.15, 0.2) is 16.8 Å². The summed E-state index contributed by atoms with van der Waals surface area (Å²) >= 11 is 3.06. The lowest BCUT2D eigenvalue weighted by atomic mass is 10.0. The molecule has 0 saturated carbocycles. The molecule has 1 unspecified atom stereocenters. The van der Waals surface area contributed by atoms with E-state index >= 15 is 0 Å². The van der Waals surface area contributed by atoms with Gasteiger partial charge >= 0.3 is 0 Å². The molecule has 0 aliphatic heterocycles.